The average Bonchev–Trinajstić information content (AvgIpc) is 3.34. The van der Waals surface area contributed by atoms with Crippen molar-refractivity contribution in [1.29, 1.82) is 0 Å². The average molecular weight is 907 g/mol. The second-order valence-electron chi connectivity index (χ2n) is 13.7. The molecular weight excluding hydrogens is 876 g/mol. The normalized spacial score (nSPS) is 25.5. The van der Waals surface area contributed by atoms with E-state index < -0.39 is 104 Å². The van der Waals surface area contributed by atoms with Gasteiger partial charge in [0.1, 0.15) is 0 Å². The van der Waals surface area contributed by atoms with Gasteiger partial charge in [-0.05, 0) is 72.8 Å². The zero-order chi connectivity index (χ0) is 47.4. The number of ether oxygens (including phenoxy) is 6. The molecule has 0 aromatic carbocycles. The molecular formula is C42H30N6O18. The molecule has 1 saturated carbocycles. The molecule has 24 nitrogen and oxygen atoms in total. The molecule has 0 saturated heterocycles. The topological polar surface area (TPSA) is 357 Å². The van der Waals surface area contributed by atoms with E-state index in [2.05, 4.69) is 29.9 Å². The monoisotopic (exact) mass is 906 g/mol. The van der Waals surface area contributed by atoms with Crippen molar-refractivity contribution in [3.8, 4) is 0 Å². The molecule has 6 N–H and O–H groups in total. The number of hydrogen-bond acceptors (Lipinski definition) is 24. The quantitative estimate of drug-likeness (QED) is 0.0519. The Morgan fingerprint density at radius 3 is 0.530 bits per heavy atom. The highest BCUT2D eigenvalue weighted by atomic mass is 16.9. The molecule has 6 aromatic rings. The summed E-state index contributed by atoms with van der Waals surface area (Å²) in [6.07, 6.45) is 11.2. The van der Waals surface area contributed by atoms with Crippen LogP contribution in [0.15, 0.2) is 147 Å². The second kappa shape index (κ2) is 17.6. The highest BCUT2D eigenvalue weighted by molar-refractivity contribution is 5.94. The molecule has 0 bridgehead atoms. The number of pyridine rings is 6. The van der Waals surface area contributed by atoms with Crippen LogP contribution in [0.2, 0.25) is 0 Å². The van der Waals surface area contributed by atoms with Crippen LogP contribution in [0, 0.1) is 0 Å². The first-order valence-corrected chi connectivity index (χ1v) is 18.6. The highest BCUT2D eigenvalue weighted by Gasteiger charge is 3.01. The number of carbonyl (C=O) groups is 6. The van der Waals surface area contributed by atoms with Crippen LogP contribution in [0.3, 0.4) is 0 Å². The highest BCUT2D eigenvalue weighted by Crippen LogP contribution is 2.62. The Morgan fingerprint density at radius 1 is 0.288 bits per heavy atom. The molecule has 0 unspecified atom stereocenters. The molecule has 1 aliphatic rings. The number of carbonyl (C=O) groups excluding carboxylic acids is 6. The molecule has 336 valence electrons. The Balaban J connectivity index is 1.62. The fourth-order valence-electron chi connectivity index (χ4n) is 6.27. The van der Waals surface area contributed by atoms with Crippen LogP contribution >= 0.6 is 0 Å². The lowest BCUT2D eigenvalue weighted by atomic mass is 9.68. The van der Waals surface area contributed by atoms with Gasteiger partial charge in [0.25, 0.3) is 0 Å². The van der Waals surface area contributed by atoms with Gasteiger partial charge >= 0.3 is 70.5 Å². The fraction of sp³-hybridized carbons (Fsp3) is 0.143. The van der Waals surface area contributed by atoms with E-state index in [-0.39, 0.29) is 0 Å². The third-order valence-electron chi connectivity index (χ3n) is 9.58. The van der Waals surface area contributed by atoms with Crippen LogP contribution in [-0.2, 0) is 28.4 Å². The van der Waals surface area contributed by atoms with Gasteiger partial charge in [-0.2, -0.15) is 0 Å². The van der Waals surface area contributed by atoms with E-state index in [1.54, 1.807) is 0 Å². The third kappa shape index (κ3) is 7.57. The summed E-state index contributed by atoms with van der Waals surface area (Å²) in [6.45, 7) is 0. The minimum atomic E-state index is -5.27. The summed E-state index contributed by atoms with van der Waals surface area (Å²) in [4.78, 5) is 107. The van der Waals surface area contributed by atoms with Crippen LogP contribution in [-0.4, -0.2) is 131 Å². The van der Waals surface area contributed by atoms with Gasteiger partial charge in [-0.3, -0.25) is 29.9 Å². The van der Waals surface area contributed by atoms with Gasteiger partial charge < -0.3 is 59.1 Å². The minimum absolute atomic E-state index is 0.741. The van der Waals surface area contributed by atoms with Gasteiger partial charge in [-0.1, -0.05) is 0 Å². The van der Waals surface area contributed by atoms with E-state index >= 15 is 0 Å². The number of hydrogen-bond donors (Lipinski definition) is 6. The lowest BCUT2D eigenvalue weighted by molar-refractivity contribution is -0.624. The maximum absolute atomic E-state index is 14.1. The molecule has 7 rings (SSSR count). The fourth-order valence-corrected chi connectivity index (χ4v) is 6.27. The molecule has 0 radical (unpaired) electrons. The Morgan fingerprint density at radius 2 is 0.424 bits per heavy atom. The zero-order valence-electron chi connectivity index (χ0n) is 33.1. The lowest BCUT2D eigenvalue weighted by Gasteiger charge is -2.64. The molecule has 1 aliphatic carbocycles. The molecule has 0 aliphatic heterocycles. The Labute approximate surface area is 368 Å². The first-order valence-electron chi connectivity index (χ1n) is 18.6. The maximum atomic E-state index is 14.1. The Hall–Kier alpha value is -8.52. The SMILES string of the molecule is O=C(OC1(O)C(O)(OC(=O)c2cccnc2)C(O)(OC(=O)c2cccnc2)C(O)(OC(=O)c2cccnc2)C(O)(OC(=O)c2cccnc2)C1(O)OC(=O)c1cccnc1)c1cccnc1. The number of esters is 6. The van der Waals surface area contributed by atoms with Crippen LogP contribution in [0.4, 0.5) is 0 Å². The Kier molecular flexibility index (Phi) is 12.1. The third-order valence-corrected chi connectivity index (χ3v) is 9.58. The van der Waals surface area contributed by atoms with E-state index in [9.17, 15) is 59.4 Å². The predicted octanol–water partition coefficient (Wildman–Crippen LogP) is -0.356. The van der Waals surface area contributed by atoms with Crippen molar-refractivity contribution in [2.24, 2.45) is 0 Å². The number of aliphatic hydroxyl groups is 6. The summed E-state index contributed by atoms with van der Waals surface area (Å²) >= 11 is 0. The van der Waals surface area contributed by atoms with Gasteiger partial charge in [-0.15, -0.1) is 0 Å². The summed E-state index contributed by atoms with van der Waals surface area (Å²) < 4.78 is 31.3. The van der Waals surface area contributed by atoms with Crippen LogP contribution in [0.5, 0.6) is 0 Å². The number of nitrogens with zero attached hydrogens (tertiary/aromatic N) is 6. The van der Waals surface area contributed by atoms with E-state index in [0.717, 1.165) is 147 Å². The van der Waals surface area contributed by atoms with Gasteiger partial charge in [0, 0.05) is 74.4 Å². The summed E-state index contributed by atoms with van der Waals surface area (Å²) in [5, 5.41) is 78.7. The van der Waals surface area contributed by atoms with Gasteiger partial charge in [-0.25, -0.2) is 28.8 Å². The van der Waals surface area contributed by atoms with E-state index in [1.165, 1.54) is 0 Å². The molecule has 0 spiro atoms. The molecule has 1 fully saturated rings. The molecule has 0 amide bonds. The van der Waals surface area contributed by atoms with E-state index in [1.807, 2.05) is 0 Å². The van der Waals surface area contributed by atoms with Crippen molar-refractivity contribution < 1.29 is 87.8 Å². The number of rotatable bonds is 12. The first-order chi connectivity index (χ1) is 31.4. The smallest absolute Gasteiger partial charge is 0.359 e. The van der Waals surface area contributed by atoms with Crippen molar-refractivity contribution in [2.75, 3.05) is 0 Å². The summed E-state index contributed by atoms with van der Waals surface area (Å²) in [5.41, 5.74) is -4.48. The number of aromatic nitrogens is 6. The first kappa shape index (κ1) is 45.5. The van der Waals surface area contributed by atoms with E-state index in [4.69, 9.17) is 28.4 Å². The molecule has 24 heteroatoms. The van der Waals surface area contributed by atoms with Crippen molar-refractivity contribution in [3.63, 3.8) is 0 Å². The van der Waals surface area contributed by atoms with Crippen LogP contribution < -0.4 is 0 Å². The van der Waals surface area contributed by atoms with Crippen molar-refractivity contribution >= 4 is 35.8 Å². The lowest BCUT2D eigenvalue weighted by Crippen LogP contribution is -2.98. The largest absolute Gasteiger partial charge is 0.415 e. The minimum Gasteiger partial charge on any atom is -0.415 e. The van der Waals surface area contributed by atoms with Gasteiger partial charge in [0.05, 0.1) is 33.4 Å². The molecule has 66 heavy (non-hydrogen) atoms. The standard InChI is InChI=1S/C42H30N6O18/c49-31(25-7-1-13-43-19-25)61-37(55)38(56,62-32(50)26-8-2-14-44-20-26)40(58,64-34(52)28-10-4-16-46-22-28)42(60,66-36(54)30-12-6-18-48-24-30)41(59,65-35(53)29-11-5-17-47-23-29)39(37,57)63-33(51)27-9-3-15-45-21-27/h1-24,55-60H. The molecule has 0 atom stereocenters. The summed E-state index contributed by atoms with van der Waals surface area (Å²) in [7, 11) is 0. The van der Waals surface area contributed by atoms with Crippen molar-refractivity contribution in [3.05, 3.63) is 181 Å². The Bertz CT molecular complexity index is 2260. The van der Waals surface area contributed by atoms with E-state index in [0.29, 0.717) is 0 Å². The predicted molar refractivity (Wildman–Crippen MR) is 208 cm³/mol. The summed E-state index contributed by atoms with van der Waals surface area (Å²) in [5.74, 6) is -43.7. The van der Waals surface area contributed by atoms with Crippen LogP contribution in [0.1, 0.15) is 62.1 Å². The van der Waals surface area contributed by atoms with Crippen LogP contribution in [0.25, 0.3) is 0 Å². The second-order valence-corrected chi connectivity index (χ2v) is 13.7. The molecule has 6 heterocycles. The van der Waals surface area contributed by atoms with Gasteiger partial charge in [0.15, 0.2) is 0 Å². The zero-order valence-corrected chi connectivity index (χ0v) is 33.1. The van der Waals surface area contributed by atoms with Crippen molar-refractivity contribution in [2.45, 2.75) is 34.7 Å². The van der Waals surface area contributed by atoms with Crippen molar-refractivity contribution in [1.82, 2.24) is 29.9 Å². The molecule has 6 aromatic heterocycles. The van der Waals surface area contributed by atoms with Gasteiger partial charge in [0.2, 0.25) is 0 Å². The summed E-state index contributed by atoms with van der Waals surface area (Å²) in [6, 6.07) is 12.2. The maximum Gasteiger partial charge on any atom is 0.359 e.